The summed E-state index contributed by atoms with van der Waals surface area (Å²) >= 11 is 0. The summed E-state index contributed by atoms with van der Waals surface area (Å²) in [6.45, 7) is 6.96. The fourth-order valence-electron chi connectivity index (χ4n) is 2.64. The first-order valence-corrected chi connectivity index (χ1v) is 7.17. The van der Waals surface area contributed by atoms with Gasteiger partial charge in [0.1, 0.15) is 12.1 Å². The molecule has 0 spiro atoms. The highest BCUT2D eigenvalue weighted by molar-refractivity contribution is 5.47. The average Bonchev–Trinajstić information content (AvgIpc) is 2.42. The standard InChI is InChI=1S/C15H25N3O2/c1-11-12(17-10-18-13(11)20-4)16-9-15(19)7-5-14(2,3)6-8-15/h10,19H,5-9H2,1-4H3,(H,16,17,18). The van der Waals surface area contributed by atoms with Gasteiger partial charge in [0.15, 0.2) is 0 Å². The lowest BCUT2D eigenvalue weighted by atomic mass is 9.71. The van der Waals surface area contributed by atoms with Gasteiger partial charge in [0.05, 0.1) is 18.3 Å². The van der Waals surface area contributed by atoms with Gasteiger partial charge in [0.25, 0.3) is 0 Å². The van der Waals surface area contributed by atoms with Crippen molar-refractivity contribution in [2.45, 2.75) is 52.1 Å². The number of rotatable bonds is 4. The summed E-state index contributed by atoms with van der Waals surface area (Å²) in [5, 5.41) is 13.9. The monoisotopic (exact) mass is 279 g/mol. The van der Waals surface area contributed by atoms with Gasteiger partial charge in [-0.25, -0.2) is 9.97 Å². The van der Waals surface area contributed by atoms with Crippen molar-refractivity contribution in [1.82, 2.24) is 9.97 Å². The second-order valence-electron chi connectivity index (χ2n) is 6.60. The highest BCUT2D eigenvalue weighted by Crippen LogP contribution is 2.40. The van der Waals surface area contributed by atoms with Gasteiger partial charge in [0.2, 0.25) is 5.88 Å². The fraction of sp³-hybridized carbons (Fsp3) is 0.733. The Morgan fingerprint density at radius 2 is 1.90 bits per heavy atom. The van der Waals surface area contributed by atoms with E-state index in [2.05, 4.69) is 29.1 Å². The number of ether oxygens (including phenoxy) is 1. The number of aliphatic hydroxyl groups is 1. The molecule has 0 aliphatic heterocycles. The number of methoxy groups -OCH3 is 1. The minimum Gasteiger partial charge on any atom is -0.481 e. The van der Waals surface area contributed by atoms with E-state index in [1.54, 1.807) is 7.11 Å². The summed E-state index contributed by atoms with van der Waals surface area (Å²) in [5.41, 5.74) is 0.579. The molecular weight excluding hydrogens is 254 g/mol. The van der Waals surface area contributed by atoms with E-state index < -0.39 is 5.60 Å². The highest BCUT2D eigenvalue weighted by atomic mass is 16.5. The van der Waals surface area contributed by atoms with Crippen LogP contribution in [0.3, 0.4) is 0 Å². The van der Waals surface area contributed by atoms with Crippen LogP contribution in [0.2, 0.25) is 0 Å². The zero-order chi connectivity index (χ0) is 14.8. The SMILES string of the molecule is COc1ncnc(NCC2(O)CCC(C)(C)CC2)c1C. The molecule has 0 aromatic carbocycles. The third-order valence-electron chi connectivity index (χ3n) is 4.35. The van der Waals surface area contributed by atoms with E-state index in [0.717, 1.165) is 37.1 Å². The van der Waals surface area contributed by atoms with Crippen LogP contribution in [-0.4, -0.2) is 34.3 Å². The van der Waals surface area contributed by atoms with Crippen molar-refractivity contribution in [2.75, 3.05) is 19.0 Å². The van der Waals surface area contributed by atoms with Gasteiger partial charge in [-0.3, -0.25) is 0 Å². The van der Waals surface area contributed by atoms with Crippen molar-refractivity contribution in [3.63, 3.8) is 0 Å². The van der Waals surface area contributed by atoms with Crippen LogP contribution in [0.5, 0.6) is 5.88 Å². The van der Waals surface area contributed by atoms with Crippen molar-refractivity contribution in [2.24, 2.45) is 5.41 Å². The number of anilines is 1. The molecule has 0 bridgehead atoms. The molecule has 1 saturated carbocycles. The van der Waals surface area contributed by atoms with Gasteiger partial charge in [-0.15, -0.1) is 0 Å². The second-order valence-corrected chi connectivity index (χ2v) is 6.60. The van der Waals surface area contributed by atoms with Crippen LogP contribution < -0.4 is 10.1 Å². The van der Waals surface area contributed by atoms with Gasteiger partial charge >= 0.3 is 0 Å². The Morgan fingerprint density at radius 3 is 2.50 bits per heavy atom. The van der Waals surface area contributed by atoms with Crippen molar-refractivity contribution < 1.29 is 9.84 Å². The van der Waals surface area contributed by atoms with Gasteiger partial charge in [0, 0.05) is 6.54 Å². The normalized spacial score (nSPS) is 20.4. The molecule has 1 aliphatic rings. The predicted octanol–water partition coefficient (Wildman–Crippen LogP) is 2.54. The number of nitrogens with one attached hydrogen (secondary N) is 1. The smallest absolute Gasteiger partial charge is 0.221 e. The molecule has 112 valence electrons. The molecule has 0 amide bonds. The van der Waals surface area contributed by atoms with Crippen LogP contribution in [0.4, 0.5) is 5.82 Å². The summed E-state index contributed by atoms with van der Waals surface area (Å²) in [7, 11) is 1.59. The van der Waals surface area contributed by atoms with Crippen molar-refractivity contribution in [3.8, 4) is 5.88 Å². The molecule has 0 unspecified atom stereocenters. The highest BCUT2D eigenvalue weighted by Gasteiger charge is 2.36. The minimum absolute atomic E-state index is 0.348. The minimum atomic E-state index is -0.639. The second kappa shape index (κ2) is 5.56. The Morgan fingerprint density at radius 1 is 1.25 bits per heavy atom. The molecule has 5 nitrogen and oxygen atoms in total. The maximum Gasteiger partial charge on any atom is 0.221 e. The molecule has 20 heavy (non-hydrogen) atoms. The Kier molecular flexibility index (Phi) is 4.18. The Bertz CT molecular complexity index is 464. The summed E-state index contributed by atoms with van der Waals surface area (Å²) in [5.74, 6) is 1.30. The van der Waals surface area contributed by atoms with E-state index in [9.17, 15) is 5.11 Å². The fourth-order valence-corrected chi connectivity index (χ4v) is 2.64. The first-order valence-electron chi connectivity index (χ1n) is 7.17. The van der Waals surface area contributed by atoms with Gasteiger partial charge < -0.3 is 15.2 Å². The quantitative estimate of drug-likeness (QED) is 0.886. The zero-order valence-corrected chi connectivity index (χ0v) is 12.9. The summed E-state index contributed by atoms with van der Waals surface area (Å²) in [6, 6.07) is 0. The number of nitrogens with zero attached hydrogens (tertiary/aromatic N) is 2. The van der Waals surface area contributed by atoms with Crippen LogP contribution in [0.15, 0.2) is 6.33 Å². The molecule has 1 heterocycles. The number of hydrogen-bond acceptors (Lipinski definition) is 5. The van der Waals surface area contributed by atoms with Gasteiger partial charge in [-0.2, -0.15) is 0 Å². The largest absolute Gasteiger partial charge is 0.481 e. The summed E-state index contributed by atoms with van der Waals surface area (Å²) in [4.78, 5) is 8.27. The van der Waals surface area contributed by atoms with Crippen LogP contribution in [0.25, 0.3) is 0 Å². The molecule has 0 atom stereocenters. The van der Waals surface area contributed by atoms with Crippen LogP contribution in [0, 0.1) is 12.3 Å². The Balaban J connectivity index is 1.99. The molecule has 1 aromatic rings. The zero-order valence-electron chi connectivity index (χ0n) is 12.9. The van der Waals surface area contributed by atoms with E-state index in [4.69, 9.17) is 4.74 Å². The lowest BCUT2D eigenvalue weighted by molar-refractivity contribution is -0.0146. The lowest BCUT2D eigenvalue weighted by Crippen LogP contribution is -2.42. The predicted molar refractivity (Wildman–Crippen MR) is 79.0 cm³/mol. The summed E-state index contributed by atoms with van der Waals surface area (Å²) < 4.78 is 5.18. The van der Waals surface area contributed by atoms with Crippen molar-refractivity contribution in [1.29, 1.82) is 0 Å². The first kappa shape index (κ1) is 15.0. The molecule has 0 saturated heterocycles. The van der Waals surface area contributed by atoms with E-state index in [0.29, 0.717) is 17.8 Å². The van der Waals surface area contributed by atoms with Crippen LogP contribution in [0.1, 0.15) is 45.1 Å². The lowest BCUT2D eigenvalue weighted by Gasteiger charge is -2.40. The van der Waals surface area contributed by atoms with Gasteiger partial charge in [-0.1, -0.05) is 13.8 Å². The molecule has 0 radical (unpaired) electrons. The third-order valence-corrected chi connectivity index (χ3v) is 4.35. The molecule has 2 rings (SSSR count). The Labute approximate surface area is 120 Å². The summed E-state index contributed by atoms with van der Waals surface area (Å²) in [6.07, 6.45) is 5.24. The van der Waals surface area contributed by atoms with Gasteiger partial charge in [-0.05, 0) is 38.0 Å². The maximum atomic E-state index is 10.6. The molecule has 1 aromatic heterocycles. The molecule has 5 heteroatoms. The maximum absolute atomic E-state index is 10.6. The third kappa shape index (κ3) is 3.39. The van der Waals surface area contributed by atoms with E-state index in [1.807, 2.05) is 6.92 Å². The number of hydrogen-bond donors (Lipinski definition) is 2. The van der Waals surface area contributed by atoms with Crippen molar-refractivity contribution >= 4 is 5.82 Å². The van der Waals surface area contributed by atoms with E-state index >= 15 is 0 Å². The molecule has 1 aliphatic carbocycles. The average molecular weight is 279 g/mol. The van der Waals surface area contributed by atoms with Crippen LogP contribution >= 0.6 is 0 Å². The number of aromatic nitrogens is 2. The topological polar surface area (TPSA) is 67.3 Å². The van der Waals surface area contributed by atoms with E-state index in [1.165, 1.54) is 6.33 Å². The van der Waals surface area contributed by atoms with Crippen LogP contribution in [-0.2, 0) is 0 Å². The Hall–Kier alpha value is -1.36. The van der Waals surface area contributed by atoms with E-state index in [-0.39, 0.29) is 0 Å². The van der Waals surface area contributed by atoms with Crippen molar-refractivity contribution in [3.05, 3.63) is 11.9 Å². The molecular formula is C15H25N3O2. The first-order chi connectivity index (χ1) is 9.35. The molecule has 2 N–H and O–H groups in total. The molecule has 1 fully saturated rings.